The van der Waals surface area contributed by atoms with Gasteiger partial charge in [0.1, 0.15) is 0 Å². The minimum absolute atomic E-state index is 0.201. The molecule has 0 spiro atoms. The first-order valence-corrected chi connectivity index (χ1v) is 11.0. The molecule has 168 valence electrons. The van der Waals surface area contributed by atoms with E-state index in [2.05, 4.69) is 59.0 Å². The molecule has 3 aromatic rings. The van der Waals surface area contributed by atoms with Crippen LogP contribution in [0.4, 0.5) is 11.4 Å². The average Bonchev–Trinajstić information content (AvgIpc) is 3.14. The molecule has 0 radical (unpaired) electrons. The Kier molecular flexibility index (Phi) is 6.56. The van der Waals surface area contributed by atoms with Crippen LogP contribution in [0.25, 0.3) is 5.57 Å². The van der Waals surface area contributed by atoms with E-state index < -0.39 is 5.91 Å². The first-order valence-electron chi connectivity index (χ1n) is 11.0. The lowest BCUT2D eigenvalue weighted by molar-refractivity contribution is -0.110. The van der Waals surface area contributed by atoms with E-state index in [0.29, 0.717) is 16.8 Å². The summed E-state index contributed by atoms with van der Waals surface area (Å²) < 4.78 is 0. The van der Waals surface area contributed by atoms with E-state index in [1.807, 2.05) is 25.1 Å². The van der Waals surface area contributed by atoms with Crippen molar-refractivity contribution in [2.24, 2.45) is 5.73 Å². The van der Waals surface area contributed by atoms with Crippen molar-refractivity contribution in [1.82, 2.24) is 4.90 Å². The number of fused-ring (bicyclic) bond motifs is 1. The SMILES string of the molecule is C/C(Nc1ccc(CN(C)CCc2ccccc2)cc1)=C1/C(=O)Nc2cc(C(N)=O)ccc21. The van der Waals surface area contributed by atoms with Crippen molar-refractivity contribution >= 4 is 28.8 Å². The number of primary amides is 1. The highest BCUT2D eigenvalue weighted by atomic mass is 16.2. The fraction of sp³-hybridized carbons (Fsp3) is 0.185. The van der Waals surface area contributed by atoms with Gasteiger partial charge in [-0.15, -0.1) is 0 Å². The van der Waals surface area contributed by atoms with Gasteiger partial charge >= 0.3 is 0 Å². The maximum Gasteiger partial charge on any atom is 0.258 e. The lowest BCUT2D eigenvalue weighted by Crippen LogP contribution is -2.20. The molecule has 4 rings (SSSR count). The highest BCUT2D eigenvalue weighted by molar-refractivity contribution is 6.32. The smallest absolute Gasteiger partial charge is 0.258 e. The molecule has 4 N–H and O–H groups in total. The van der Waals surface area contributed by atoms with Gasteiger partial charge in [-0.1, -0.05) is 48.5 Å². The van der Waals surface area contributed by atoms with Gasteiger partial charge in [-0.2, -0.15) is 0 Å². The first kappa shape index (κ1) is 22.3. The van der Waals surface area contributed by atoms with Crippen LogP contribution in [0, 0.1) is 0 Å². The number of nitrogens with two attached hydrogens (primary N) is 1. The Hall–Kier alpha value is -3.90. The van der Waals surface area contributed by atoms with E-state index >= 15 is 0 Å². The number of carbonyl (C=O) groups is 2. The fourth-order valence-electron chi connectivity index (χ4n) is 4.03. The number of hydrogen-bond donors (Lipinski definition) is 3. The van der Waals surface area contributed by atoms with Gasteiger partial charge in [-0.25, -0.2) is 0 Å². The number of amides is 2. The summed E-state index contributed by atoms with van der Waals surface area (Å²) in [5.74, 6) is -0.724. The topological polar surface area (TPSA) is 87.5 Å². The predicted molar refractivity (Wildman–Crippen MR) is 133 cm³/mol. The van der Waals surface area contributed by atoms with Crippen LogP contribution in [0.1, 0.15) is 34.0 Å². The second kappa shape index (κ2) is 9.71. The van der Waals surface area contributed by atoms with Crippen LogP contribution < -0.4 is 16.4 Å². The van der Waals surface area contributed by atoms with Crippen LogP contribution in [0.5, 0.6) is 0 Å². The zero-order valence-corrected chi connectivity index (χ0v) is 18.9. The van der Waals surface area contributed by atoms with E-state index in [0.717, 1.165) is 36.5 Å². The Bertz CT molecular complexity index is 1200. The van der Waals surface area contributed by atoms with Gasteiger partial charge in [-0.3, -0.25) is 9.59 Å². The van der Waals surface area contributed by atoms with Crippen molar-refractivity contribution < 1.29 is 9.59 Å². The van der Waals surface area contributed by atoms with Gasteiger partial charge in [0, 0.05) is 41.3 Å². The molecular formula is C27H28N4O2. The van der Waals surface area contributed by atoms with Crippen LogP contribution in [0.2, 0.25) is 0 Å². The number of benzene rings is 3. The third kappa shape index (κ3) is 5.30. The number of anilines is 2. The Balaban J connectivity index is 1.40. The first-order chi connectivity index (χ1) is 15.9. The monoisotopic (exact) mass is 440 g/mol. The molecule has 1 heterocycles. The van der Waals surface area contributed by atoms with Crippen LogP contribution in [0.15, 0.2) is 78.5 Å². The molecule has 0 fully saturated rings. The molecule has 0 unspecified atom stereocenters. The zero-order valence-electron chi connectivity index (χ0n) is 18.9. The third-order valence-corrected chi connectivity index (χ3v) is 5.79. The van der Waals surface area contributed by atoms with Crippen LogP contribution in [0.3, 0.4) is 0 Å². The van der Waals surface area contributed by atoms with Crippen molar-refractivity contribution in [3.05, 3.63) is 101 Å². The van der Waals surface area contributed by atoms with Gasteiger partial charge in [0.05, 0.1) is 5.57 Å². The number of nitrogens with one attached hydrogen (secondary N) is 2. The maximum absolute atomic E-state index is 12.6. The van der Waals surface area contributed by atoms with E-state index in [4.69, 9.17) is 5.73 Å². The molecule has 0 aliphatic carbocycles. The molecule has 1 aliphatic heterocycles. The van der Waals surface area contributed by atoms with E-state index in [-0.39, 0.29) is 5.91 Å². The Morgan fingerprint density at radius 2 is 1.73 bits per heavy atom. The number of nitrogens with zero attached hydrogens (tertiary/aromatic N) is 1. The summed E-state index contributed by atoms with van der Waals surface area (Å²) >= 11 is 0. The summed E-state index contributed by atoms with van der Waals surface area (Å²) in [6.45, 7) is 3.73. The molecule has 6 nitrogen and oxygen atoms in total. The lowest BCUT2D eigenvalue weighted by Gasteiger charge is -2.17. The van der Waals surface area contributed by atoms with Gasteiger partial charge < -0.3 is 21.3 Å². The van der Waals surface area contributed by atoms with Gasteiger partial charge in [0.15, 0.2) is 0 Å². The zero-order chi connectivity index (χ0) is 23.4. The number of carbonyl (C=O) groups excluding carboxylic acids is 2. The largest absolute Gasteiger partial charge is 0.366 e. The summed E-state index contributed by atoms with van der Waals surface area (Å²) in [6.07, 6.45) is 1.02. The van der Waals surface area contributed by atoms with E-state index in [1.165, 1.54) is 11.1 Å². The standard InChI is InChI=1S/C27H28N4O2/c1-18(25-23-13-10-21(26(28)32)16-24(23)30-27(25)33)29-22-11-8-20(9-12-22)17-31(2)15-14-19-6-4-3-5-7-19/h3-13,16,29H,14-15,17H2,1-2H3,(H2,28,32)(H,30,33)/b25-18-. The number of allylic oxidation sites excluding steroid dienone is 1. The molecule has 3 aromatic carbocycles. The third-order valence-electron chi connectivity index (χ3n) is 5.79. The summed E-state index contributed by atoms with van der Waals surface area (Å²) in [6, 6.07) is 23.7. The van der Waals surface area contributed by atoms with Gasteiger partial charge in [-0.05, 0) is 55.8 Å². The number of likely N-dealkylation sites (N-methyl/N-ethyl adjacent to an activating group) is 1. The van der Waals surface area contributed by atoms with Crippen LogP contribution >= 0.6 is 0 Å². The van der Waals surface area contributed by atoms with Crippen LogP contribution in [-0.2, 0) is 17.8 Å². The van der Waals surface area contributed by atoms with Crippen molar-refractivity contribution in [3.63, 3.8) is 0 Å². The molecule has 0 aromatic heterocycles. The number of rotatable bonds is 8. The van der Waals surface area contributed by atoms with Gasteiger partial charge in [0.2, 0.25) is 5.91 Å². The summed E-state index contributed by atoms with van der Waals surface area (Å²) in [5.41, 5.74) is 11.8. The average molecular weight is 441 g/mol. The lowest BCUT2D eigenvalue weighted by atomic mass is 10.0. The molecule has 0 atom stereocenters. The molecular weight excluding hydrogens is 412 g/mol. The molecule has 2 amide bonds. The number of hydrogen-bond acceptors (Lipinski definition) is 4. The second-order valence-corrected chi connectivity index (χ2v) is 8.37. The minimum Gasteiger partial charge on any atom is -0.366 e. The van der Waals surface area contributed by atoms with Crippen molar-refractivity contribution in [2.45, 2.75) is 19.9 Å². The Morgan fingerprint density at radius 3 is 2.42 bits per heavy atom. The maximum atomic E-state index is 12.6. The quantitative estimate of drug-likeness (QED) is 0.457. The molecule has 6 heteroatoms. The van der Waals surface area contributed by atoms with Crippen LogP contribution in [-0.4, -0.2) is 30.3 Å². The fourth-order valence-corrected chi connectivity index (χ4v) is 4.03. The predicted octanol–water partition coefficient (Wildman–Crippen LogP) is 4.26. The summed E-state index contributed by atoms with van der Waals surface area (Å²) in [5, 5.41) is 6.15. The summed E-state index contributed by atoms with van der Waals surface area (Å²) in [7, 11) is 2.13. The molecule has 0 bridgehead atoms. The molecule has 1 aliphatic rings. The highest BCUT2D eigenvalue weighted by Crippen LogP contribution is 2.34. The van der Waals surface area contributed by atoms with E-state index in [1.54, 1.807) is 18.2 Å². The van der Waals surface area contributed by atoms with E-state index in [9.17, 15) is 9.59 Å². The molecule has 0 saturated heterocycles. The minimum atomic E-state index is -0.523. The molecule has 0 saturated carbocycles. The highest BCUT2D eigenvalue weighted by Gasteiger charge is 2.27. The molecule has 33 heavy (non-hydrogen) atoms. The van der Waals surface area contributed by atoms with Crippen molar-refractivity contribution in [1.29, 1.82) is 0 Å². The van der Waals surface area contributed by atoms with Gasteiger partial charge in [0.25, 0.3) is 5.91 Å². The summed E-state index contributed by atoms with van der Waals surface area (Å²) in [4.78, 5) is 26.3. The second-order valence-electron chi connectivity index (χ2n) is 8.37. The normalized spacial score (nSPS) is 14.1. The Morgan fingerprint density at radius 1 is 1.00 bits per heavy atom. The van der Waals surface area contributed by atoms with Crippen molar-refractivity contribution in [3.8, 4) is 0 Å². The van der Waals surface area contributed by atoms with Crippen molar-refractivity contribution in [2.75, 3.05) is 24.2 Å². The Labute approximate surface area is 194 Å².